The van der Waals surface area contributed by atoms with Gasteiger partial charge in [0.15, 0.2) is 11.3 Å². The number of pyridine rings is 1. The molecule has 0 unspecified atom stereocenters. The van der Waals surface area contributed by atoms with E-state index < -0.39 is 5.97 Å². The molecule has 3 rings (SSSR count). The molecule has 0 spiro atoms. The van der Waals surface area contributed by atoms with E-state index in [0.717, 1.165) is 10.0 Å². The maximum absolute atomic E-state index is 11.2. The Morgan fingerprint density at radius 3 is 2.70 bits per heavy atom. The molecule has 0 saturated carbocycles. The third-order valence-corrected chi connectivity index (χ3v) is 3.48. The number of carboxylic acids is 1. The zero-order valence-electron chi connectivity index (χ0n) is 10.3. The van der Waals surface area contributed by atoms with Crippen molar-refractivity contribution in [1.29, 1.82) is 0 Å². The predicted octanol–water partition coefficient (Wildman–Crippen LogP) is 2.94. The van der Waals surface area contributed by atoms with Crippen LogP contribution in [-0.4, -0.2) is 25.8 Å². The van der Waals surface area contributed by atoms with E-state index in [1.165, 1.54) is 0 Å². The van der Waals surface area contributed by atoms with Crippen LogP contribution in [0.25, 0.3) is 11.0 Å². The van der Waals surface area contributed by atoms with Gasteiger partial charge in [0, 0.05) is 10.7 Å². The van der Waals surface area contributed by atoms with Crippen LogP contribution in [-0.2, 0) is 6.54 Å². The van der Waals surface area contributed by atoms with E-state index in [4.69, 9.17) is 0 Å². The van der Waals surface area contributed by atoms with Gasteiger partial charge < -0.3 is 5.11 Å². The molecule has 0 aliphatic heterocycles. The van der Waals surface area contributed by atoms with Gasteiger partial charge in [-0.15, -0.1) is 0 Å². The third-order valence-electron chi connectivity index (χ3n) is 2.96. The lowest BCUT2D eigenvalue weighted by Gasteiger charge is -2.03. The lowest BCUT2D eigenvalue weighted by molar-refractivity contribution is 0.0691. The van der Waals surface area contributed by atoms with Crippen LogP contribution < -0.4 is 0 Å². The molecule has 20 heavy (non-hydrogen) atoms. The molecule has 0 bridgehead atoms. The minimum atomic E-state index is -1.04. The smallest absolute Gasteiger partial charge is 0.357 e. The van der Waals surface area contributed by atoms with Gasteiger partial charge in [-0.05, 0) is 29.8 Å². The summed E-state index contributed by atoms with van der Waals surface area (Å²) in [5.74, 6) is -1.04. The Hall–Kier alpha value is -2.21. The lowest BCUT2D eigenvalue weighted by Crippen LogP contribution is -2.04. The first-order valence-electron chi connectivity index (χ1n) is 5.94. The number of hydrogen-bond acceptors (Lipinski definition) is 3. The van der Waals surface area contributed by atoms with Gasteiger partial charge >= 0.3 is 5.97 Å². The van der Waals surface area contributed by atoms with Gasteiger partial charge in [0.1, 0.15) is 0 Å². The normalized spacial score (nSPS) is 10.8. The molecule has 0 radical (unpaired) electrons. The second-order valence-electron chi connectivity index (χ2n) is 4.31. The topological polar surface area (TPSA) is 68.0 Å². The summed E-state index contributed by atoms with van der Waals surface area (Å²) in [5, 5.41) is 13.9. The van der Waals surface area contributed by atoms with E-state index >= 15 is 0 Å². The minimum absolute atomic E-state index is 0.0326. The van der Waals surface area contributed by atoms with E-state index in [0.29, 0.717) is 17.6 Å². The molecule has 0 aliphatic carbocycles. The maximum Gasteiger partial charge on any atom is 0.357 e. The number of benzene rings is 1. The van der Waals surface area contributed by atoms with Gasteiger partial charge in [-0.1, -0.05) is 28.1 Å². The summed E-state index contributed by atoms with van der Waals surface area (Å²) in [6.45, 7) is 0.480. The predicted molar refractivity (Wildman–Crippen MR) is 77.7 cm³/mol. The fourth-order valence-electron chi connectivity index (χ4n) is 2.04. The Morgan fingerprint density at radius 2 is 2.00 bits per heavy atom. The van der Waals surface area contributed by atoms with Crippen molar-refractivity contribution in [3.8, 4) is 0 Å². The molecule has 2 aromatic heterocycles. The molecule has 3 aromatic rings. The minimum Gasteiger partial charge on any atom is -0.476 e. The first-order valence-corrected chi connectivity index (χ1v) is 6.74. The zero-order valence-corrected chi connectivity index (χ0v) is 11.9. The summed E-state index contributed by atoms with van der Waals surface area (Å²) in [6.07, 6.45) is 1.63. The highest BCUT2D eigenvalue weighted by Gasteiger charge is 2.16. The first kappa shape index (κ1) is 12.8. The lowest BCUT2D eigenvalue weighted by atomic mass is 10.2. The molecule has 6 heteroatoms. The van der Waals surface area contributed by atoms with Crippen molar-refractivity contribution in [3.63, 3.8) is 0 Å². The Bertz CT molecular complexity index is 781. The summed E-state index contributed by atoms with van der Waals surface area (Å²) in [5.41, 5.74) is 1.64. The van der Waals surface area contributed by atoms with Gasteiger partial charge in [0.2, 0.25) is 0 Å². The first-order chi connectivity index (χ1) is 9.65. The number of aromatic nitrogens is 3. The van der Waals surface area contributed by atoms with Crippen LogP contribution in [0.3, 0.4) is 0 Å². The number of carbonyl (C=O) groups is 1. The zero-order chi connectivity index (χ0) is 14.1. The number of rotatable bonds is 3. The molecule has 1 N–H and O–H groups in total. The average Bonchev–Trinajstić information content (AvgIpc) is 2.81. The summed E-state index contributed by atoms with van der Waals surface area (Å²) in [4.78, 5) is 15.4. The molecule has 0 aliphatic rings. The van der Waals surface area contributed by atoms with Gasteiger partial charge in [-0.3, -0.25) is 0 Å². The van der Waals surface area contributed by atoms with Crippen molar-refractivity contribution in [1.82, 2.24) is 14.8 Å². The summed E-state index contributed by atoms with van der Waals surface area (Å²) < 4.78 is 2.61. The molecular formula is C14H10BrN3O2. The Morgan fingerprint density at radius 1 is 1.25 bits per heavy atom. The molecule has 0 amide bonds. The number of aromatic carboxylic acids is 1. The van der Waals surface area contributed by atoms with E-state index in [1.807, 2.05) is 24.3 Å². The highest BCUT2D eigenvalue weighted by Crippen LogP contribution is 2.18. The van der Waals surface area contributed by atoms with Gasteiger partial charge in [-0.25, -0.2) is 14.5 Å². The average molecular weight is 332 g/mol. The van der Waals surface area contributed by atoms with E-state index in [1.54, 1.807) is 23.0 Å². The fourth-order valence-corrected chi connectivity index (χ4v) is 2.30. The number of nitrogens with zero attached hydrogens (tertiary/aromatic N) is 3. The van der Waals surface area contributed by atoms with E-state index in [9.17, 15) is 9.90 Å². The second-order valence-corrected chi connectivity index (χ2v) is 5.23. The van der Waals surface area contributed by atoms with Crippen molar-refractivity contribution < 1.29 is 9.90 Å². The third kappa shape index (κ3) is 2.30. The van der Waals surface area contributed by atoms with Crippen LogP contribution in [0.1, 0.15) is 16.1 Å². The molecular weight excluding hydrogens is 322 g/mol. The van der Waals surface area contributed by atoms with Crippen LogP contribution in [0, 0.1) is 0 Å². The SMILES string of the molecule is O=C(O)c1nn(Cc2ccc(Br)cc2)c2ncccc12. The monoisotopic (exact) mass is 331 g/mol. The Balaban J connectivity index is 2.07. The molecule has 5 nitrogen and oxygen atoms in total. The second kappa shape index (κ2) is 5.05. The molecule has 1 aromatic carbocycles. The van der Waals surface area contributed by atoms with E-state index in [-0.39, 0.29) is 5.69 Å². The van der Waals surface area contributed by atoms with Crippen molar-refractivity contribution in [2.24, 2.45) is 0 Å². The fraction of sp³-hybridized carbons (Fsp3) is 0.0714. The van der Waals surface area contributed by atoms with Gasteiger partial charge in [0.25, 0.3) is 0 Å². The summed E-state index contributed by atoms with van der Waals surface area (Å²) in [7, 11) is 0. The Labute approximate surface area is 123 Å². The van der Waals surface area contributed by atoms with Crippen molar-refractivity contribution in [2.45, 2.75) is 6.54 Å². The number of hydrogen-bond donors (Lipinski definition) is 1. The number of fused-ring (bicyclic) bond motifs is 1. The van der Waals surface area contributed by atoms with Crippen LogP contribution >= 0.6 is 15.9 Å². The van der Waals surface area contributed by atoms with Gasteiger partial charge in [-0.2, -0.15) is 5.10 Å². The molecule has 2 heterocycles. The highest BCUT2D eigenvalue weighted by atomic mass is 79.9. The van der Waals surface area contributed by atoms with Crippen molar-refractivity contribution in [2.75, 3.05) is 0 Å². The van der Waals surface area contributed by atoms with Crippen LogP contribution in [0.15, 0.2) is 47.1 Å². The van der Waals surface area contributed by atoms with Crippen molar-refractivity contribution in [3.05, 3.63) is 58.3 Å². The summed E-state index contributed by atoms with van der Waals surface area (Å²) in [6, 6.07) is 11.2. The molecule has 0 fully saturated rings. The highest BCUT2D eigenvalue weighted by molar-refractivity contribution is 9.10. The van der Waals surface area contributed by atoms with Crippen LogP contribution in [0.4, 0.5) is 0 Å². The number of halogens is 1. The van der Waals surface area contributed by atoms with Crippen molar-refractivity contribution >= 4 is 32.9 Å². The maximum atomic E-state index is 11.2. The largest absolute Gasteiger partial charge is 0.476 e. The molecule has 0 saturated heterocycles. The molecule has 100 valence electrons. The van der Waals surface area contributed by atoms with Gasteiger partial charge in [0.05, 0.1) is 11.9 Å². The quantitative estimate of drug-likeness (QED) is 0.801. The number of carboxylic acid groups (broad SMARTS) is 1. The standard InChI is InChI=1S/C14H10BrN3O2/c15-10-5-3-9(4-6-10)8-18-13-11(2-1-7-16-13)12(17-18)14(19)20/h1-7H,8H2,(H,19,20). The molecule has 0 atom stereocenters. The van der Waals surface area contributed by atoms with Crippen LogP contribution in [0.2, 0.25) is 0 Å². The van der Waals surface area contributed by atoms with Crippen LogP contribution in [0.5, 0.6) is 0 Å². The summed E-state index contributed by atoms with van der Waals surface area (Å²) >= 11 is 3.38. The van der Waals surface area contributed by atoms with E-state index in [2.05, 4.69) is 26.0 Å². The Kier molecular flexibility index (Phi) is 3.23.